The molecule has 0 aliphatic carbocycles. The summed E-state index contributed by atoms with van der Waals surface area (Å²) in [5.74, 6) is 6.22. The average Bonchev–Trinajstić information content (AvgIpc) is 2.40. The zero-order valence-corrected chi connectivity index (χ0v) is 12.0. The molecule has 0 amide bonds. The highest BCUT2D eigenvalue weighted by atomic mass is 15.2. The van der Waals surface area contributed by atoms with Crippen LogP contribution in [0, 0.1) is 12.8 Å². The minimum atomic E-state index is 0.114. The van der Waals surface area contributed by atoms with E-state index in [2.05, 4.69) is 50.5 Å². The molecule has 0 saturated heterocycles. The standard InChI is InChI=1S/C16H23N3/c1-4-7-11(2)16(19-17)15-10-12(3)13-8-5-6-9-14(13)18-15/h5-6,8-11,16,19H,4,7,17H2,1-3H3. The van der Waals surface area contributed by atoms with E-state index in [9.17, 15) is 0 Å². The number of nitrogens with zero attached hydrogens (tertiary/aromatic N) is 1. The molecule has 0 spiro atoms. The van der Waals surface area contributed by atoms with E-state index in [1.54, 1.807) is 0 Å². The van der Waals surface area contributed by atoms with Crippen molar-refractivity contribution in [1.82, 2.24) is 10.4 Å². The molecular formula is C16H23N3. The molecule has 19 heavy (non-hydrogen) atoms. The van der Waals surface area contributed by atoms with Crippen molar-refractivity contribution in [2.75, 3.05) is 0 Å². The molecule has 2 aromatic rings. The summed E-state index contributed by atoms with van der Waals surface area (Å²) in [5, 5.41) is 1.21. The Morgan fingerprint density at radius 2 is 2.05 bits per heavy atom. The molecule has 0 bridgehead atoms. The van der Waals surface area contributed by atoms with E-state index >= 15 is 0 Å². The molecule has 0 aliphatic heterocycles. The molecule has 0 radical (unpaired) electrons. The second-order valence-electron chi connectivity index (χ2n) is 5.29. The third kappa shape index (κ3) is 2.94. The fourth-order valence-electron chi connectivity index (χ4n) is 2.70. The predicted octanol–water partition coefficient (Wildman–Crippen LogP) is 3.48. The van der Waals surface area contributed by atoms with Gasteiger partial charge in [0.05, 0.1) is 17.3 Å². The number of aryl methyl sites for hydroxylation is 1. The molecular weight excluding hydrogens is 234 g/mol. The summed E-state index contributed by atoms with van der Waals surface area (Å²) in [6.45, 7) is 6.55. The normalized spacial score (nSPS) is 14.5. The molecule has 0 fully saturated rings. The molecule has 3 nitrogen and oxygen atoms in total. The van der Waals surface area contributed by atoms with Crippen molar-refractivity contribution in [3.8, 4) is 0 Å². The summed E-state index contributed by atoms with van der Waals surface area (Å²) in [6, 6.07) is 10.5. The van der Waals surface area contributed by atoms with Gasteiger partial charge in [0.2, 0.25) is 0 Å². The van der Waals surface area contributed by atoms with E-state index in [1.807, 2.05) is 6.07 Å². The topological polar surface area (TPSA) is 50.9 Å². The van der Waals surface area contributed by atoms with E-state index in [0.29, 0.717) is 5.92 Å². The first-order chi connectivity index (χ1) is 9.17. The van der Waals surface area contributed by atoms with Crippen molar-refractivity contribution in [3.05, 3.63) is 41.6 Å². The number of benzene rings is 1. The van der Waals surface area contributed by atoms with Crippen molar-refractivity contribution in [3.63, 3.8) is 0 Å². The number of pyridine rings is 1. The number of para-hydroxylation sites is 1. The lowest BCUT2D eigenvalue weighted by atomic mass is 9.93. The lowest BCUT2D eigenvalue weighted by molar-refractivity contribution is 0.362. The summed E-state index contributed by atoms with van der Waals surface area (Å²) in [6.07, 6.45) is 2.30. The number of hydrogen-bond acceptors (Lipinski definition) is 3. The van der Waals surface area contributed by atoms with Gasteiger partial charge < -0.3 is 0 Å². The minimum Gasteiger partial charge on any atom is -0.271 e. The lowest BCUT2D eigenvalue weighted by Gasteiger charge is -2.23. The van der Waals surface area contributed by atoms with Gasteiger partial charge in [0.15, 0.2) is 0 Å². The summed E-state index contributed by atoms with van der Waals surface area (Å²) < 4.78 is 0. The van der Waals surface area contributed by atoms with E-state index in [4.69, 9.17) is 10.8 Å². The summed E-state index contributed by atoms with van der Waals surface area (Å²) in [4.78, 5) is 4.77. The third-order valence-electron chi connectivity index (χ3n) is 3.75. The average molecular weight is 257 g/mol. The van der Waals surface area contributed by atoms with E-state index in [0.717, 1.165) is 24.1 Å². The van der Waals surface area contributed by atoms with Crippen molar-refractivity contribution < 1.29 is 0 Å². The Hall–Kier alpha value is -1.45. The molecule has 3 N–H and O–H groups in total. The van der Waals surface area contributed by atoms with Crippen LogP contribution in [0.2, 0.25) is 0 Å². The molecule has 1 heterocycles. The van der Waals surface area contributed by atoms with Crippen LogP contribution in [0.3, 0.4) is 0 Å². The van der Waals surface area contributed by atoms with Gasteiger partial charge >= 0.3 is 0 Å². The van der Waals surface area contributed by atoms with Crippen LogP contribution in [0.1, 0.15) is 44.0 Å². The second-order valence-corrected chi connectivity index (χ2v) is 5.29. The zero-order chi connectivity index (χ0) is 13.8. The second kappa shape index (κ2) is 6.13. The van der Waals surface area contributed by atoms with Gasteiger partial charge in [-0.15, -0.1) is 0 Å². The molecule has 0 aliphatic rings. The highest BCUT2D eigenvalue weighted by Gasteiger charge is 2.19. The largest absolute Gasteiger partial charge is 0.271 e. The maximum absolute atomic E-state index is 5.74. The quantitative estimate of drug-likeness (QED) is 0.637. The van der Waals surface area contributed by atoms with Crippen molar-refractivity contribution in [2.24, 2.45) is 11.8 Å². The summed E-state index contributed by atoms with van der Waals surface area (Å²) >= 11 is 0. The minimum absolute atomic E-state index is 0.114. The van der Waals surface area contributed by atoms with Gasteiger partial charge in [-0.3, -0.25) is 16.3 Å². The van der Waals surface area contributed by atoms with Crippen molar-refractivity contribution >= 4 is 10.9 Å². The van der Waals surface area contributed by atoms with E-state index < -0.39 is 0 Å². The monoisotopic (exact) mass is 257 g/mol. The molecule has 1 aromatic carbocycles. The molecule has 2 atom stereocenters. The maximum Gasteiger partial charge on any atom is 0.0708 e. The van der Waals surface area contributed by atoms with Crippen LogP contribution in [0.5, 0.6) is 0 Å². The highest BCUT2D eigenvalue weighted by Crippen LogP contribution is 2.27. The van der Waals surface area contributed by atoms with Gasteiger partial charge in [-0.2, -0.15) is 0 Å². The smallest absolute Gasteiger partial charge is 0.0708 e. The molecule has 2 rings (SSSR count). The zero-order valence-electron chi connectivity index (χ0n) is 12.0. The first kappa shape index (κ1) is 14.0. The molecule has 3 heteroatoms. The number of fused-ring (bicyclic) bond motifs is 1. The van der Waals surface area contributed by atoms with Crippen LogP contribution >= 0.6 is 0 Å². The number of nitrogens with two attached hydrogens (primary N) is 1. The van der Waals surface area contributed by atoms with Gasteiger partial charge in [0.25, 0.3) is 0 Å². The van der Waals surface area contributed by atoms with Crippen LogP contribution < -0.4 is 11.3 Å². The Kier molecular flexibility index (Phi) is 4.51. The Morgan fingerprint density at radius 1 is 1.32 bits per heavy atom. The number of hydrazine groups is 1. The molecule has 0 saturated carbocycles. The van der Waals surface area contributed by atoms with E-state index in [1.165, 1.54) is 10.9 Å². The van der Waals surface area contributed by atoms with Crippen molar-refractivity contribution in [1.29, 1.82) is 0 Å². The molecule has 102 valence electrons. The molecule has 1 aromatic heterocycles. The number of hydrogen-bond donors (Lipinski definition) is 2. The van der Waals surface area contributed by atoms with Crippen LogP contribution in [0.25, 0.3) is 10.9 Å². The first-order valence-corrected chi connectivity index (χ1v) is 6.99. The summed E-state index contributed by atoms with van der Waals surface area (Å²) in [7, 11) is 0. The first-order valence-electron chi connectivity index (χ1n) is 6.99. The lowest BCUT2D eigenvalue weighted by Crippen LogP contribution is -2.33. The van der Waals surface area contributed by atoms with Crippen LogP contribution in [-0.2, 0) is 0 Å². The fraction of sp³-hybridized carbons (Fsp3) is 0.438. The van der Waals surface area contributed by atoms with E-state index in [-0.39, 0.29) is 6.04 Å². The van der Waals surface area contributed by atoms with Crippen LogP contribution in [0.15, 0.2) is 30.3 Å². The summed E-state index contributed by atoms with van der Waals surface area (Å²) in [5.41, 5.74) is 6.27. The van der Waals surface area contributed by atoms with Gasteiger partial charge in [-0.1, -0.05) is 38.5 Å². The Labute approximate surface area is 115 Å². The van der Waals surface area contributed by atoms with Crippen LogP contribution in [-0.4, -0.2) is 4.98 Å². The fourth-order valence-corrected chi connectivity index (χ4v) is 2.70. The Balaban J connectivity index is 2.43. The SMILES string of the molecule is CCCC(C)C(NN)c1cc(C)c2ccccc2n1. The Morgan fingerprint density at radius 3 is 2.74 bits per heavy atom. The maximum atomic E-state index is 5.74. The Bertz CT molecular complexity index is 551. The number of rotatable bonds is 5. The molecule has 2 unspecified atom stereocenters. The number of aromatic nitrogens is 1. The van der Waals surface area contributed by atoms with Gasteiger partial charge in [-0.25, -0.2) is 0 Å². The predicted molar refractivity (Wildman–Crippen MR) is 80.6 cm³/mol. The number of nitrogens with one attached hydrogen (secondary N) is 1. The van der Waals surface area contributed by atoms with Crippen LogP contribution in [0.4, 0.5) is 0 Å². The van der Waals surface area contributed by atoms with Gasteiger partial charge in [0.1, 0.15) is 0 Å². The highest BCUT2D eigenvalue weighted by molar-refractivity contribution is 5.82. The van der Waals surface area contributed by atoms with Gasteiger partial charge in [-0.05, 0) is 37.0 Å². The third-order valence-corrected chi connectivity index (χ3v) is 3.75. The van der Waals surface area contributed by atoms with Crippen molar-refractivity contribution in [2.45, 2.75) is 39.7 Å². The van der Waals surface area contributed by atoms with Gasteiger partial charge in [0, 0.05) is 5.39 Å².